The third-order valence-electron chi connectivity index (χ3n) is 2.82. The summed E-state index contributed by atoms with van der Waals surface area (Å²) in [5.41, 5.74) is 0.376. The van der Waals surface area contributed by atoms with E-state index < -0.39 is 23.9 Å². The third-order valence-corrected chi connectivity index (χ3v) is 2.82. The minimum absolute atomic E-state index is 0.0143. The van der Waals surface area contributed by atoms with Crippen LogP contribution in [0, 0.1) is 0 Å². The van der Waals surface area contributed by atoms with E-state index in [4.69, 9.17) is 15.3 Å². The van der Waals surface area contributed by atoms with Gasteiger partial charge in [0.15, 0.2) is 0 Å². The molecule has 0 aliphatic carbocycles. The lowest BCUT2D eigenvalue weighted by Gasteiger charge is -2.28. The van der Waals surface area contributed by atoms with Crippen LogP contribution in [-0.2, 0) is 9.59 Å². The summed E-state index contributed by atoms with van der Waals surface area (Å²) < 4.78 is 0. The van der Waals surface area contributed by atoms with Crippen molar-refractivity contribution in [3.05, 3.63) is 29.8 Å². The second kappa shape index (κ2) is 6.55. The van der Waals surface area contributed by atoms with E-state index in [2.05, 4.69) is 0 Å². The molecule has 1 aromatic rings. The van der Waals surface area contributed by atoms with E-state index in [9.17, 15) is 14.4 Å². The molecular weight excluding hydrogens is 266 g/mol. The summed E-state index contributed by atoms with van der Waals surface area (Å²) in [7, 11) is 0. The number of aliphatic carboxylic acids is 2. The molecular formula is C13H15NO6. The Morgan fingerprint density at radius 3 is 2.35 bits per heavy atom. The summed E-state index contributed by atoms with van der Waals surface area (Å²) >= 11 is 0. The molecule has 7 heteroatoms. The van der Waals surface area contributed by atoms with E-state index in [1.54, 1.807) is 6.07 Å². The highest BCUT2D eigenvalue weighted by atomic mass is 16.4. The average Bonchev–Trinajstić information content (AvgIpc) is 2.38. The van der Waals surface area contributed by atoms with E-state index in [1.807, 2.05) is 0 Å². The van der Waals surface area contributed by atoms with Crippen molar-refractivity contribution in [1.29, 1.82) is 0 Å². The summed E-state index contributed by atoms with van der Waals surface area (Å²) in [6.45, 7) is 1.39. The molecule has 0 amide bonds. The molecule has 0 saturated carbocycles. The maximum absolute atomic E-state index is 11.1. The number of anilines is 1. The minimum Gasteiger partial charge on any atom is -0.481 e. The fourth-order valence-corrected chi connectivity index (χ4v) is 1.71. The predicted octanol–water partition coefficient (Wildman–Crippen LogP) is 1.14. The molecule has 0 saturated heterocycles. The van der Waals surface area contributed by atoms with Crippen molar-refractivity contribution in [2.75, 3.05) is 11.4 Å². The van der Waals surface area contributed by atoms with Gasteiger partial charge in [0.25, 0.3) is 0 Å². The highest BCUT2D eigenvalue weighted by Crippen LogP contribution is 2.19. The Bertz CT molecular complexity index is 527. The number of hydrogen-bond donors (Lipinski definition) is 3. The molecule has 0 spiro atoms. The number of rotatable bonds is 7. The highest BCUT2D eigenvalue weighted by molar-refractivity contribution is 5.89. The van der Waals surface area contributed by atoms with E-state index in [-0.39, 0.29) is 18.5 Å². The molecule has 7 nitrogen and oxygen atoms in total. The van der Waals surface area contributed by atoms with Gasteiger partial charge in [-0.05, 0) is 25.1 Å². The Labute approximate surface area is 115 Å². The summed E-state index contributed by atoms with van der Waals surface area (Å²) in [4.78, 5) is 34.0. The van der Waals surface area contributed by atoms with Crippen molar-refractivity contribution in [2.45, 2.75) is 19.4 Å². The number of hydrogen-bond acceptors (Lipinski definition) is 4. The zero-order valence-electron chi connectivity index (χ0n) is 10.8. The van der Waals surface area contributed by atoms with Crippen molar-refractivity contribution in [2.24, 2.45) is 0 Å². The van der Waals surface area contributed by atoms with Crippen LogP contribution in [0.3, 0.4) is 0 Å². The molecule has 0 bridgehead atoms. The third kappa shape index (κ3) is 3.98. The standard InChI is InChI=1S/C13H15NO6/c1-8(12(17)18)14(6-5-11(15)16)10-4-2-3-9(7-10)13(19)20/h2-4,7-8H,5-6H2,1H3,(H,15,16)(H,17,18)(H,19,20). The van der Waals surface area contributed by atoms with Gasteiger partial charge in [0.2, 0.25) is 0 Å². The lowest BCUT2D eigenvalue weighted by molar-refractivity contribution is -0.139. The van der Waals surface area contributed by atoms with Gasteiger partial charge in [-0.1, -0.05) is 6.07 Å². The Hall–Kier alpha value is -2.57. The van der Waals surface area contributed by atoms with Crippen LogP contribution in [0.2, 0.25) is 0 Å². The van der Waals surface area contributed by atoms with Crippen molar-refractivity contribution in [1.82, 2.24) is 0 Å². The Morgan fingerprint density at radius 1 is 1.20 bits per heavy atom. The van der Waals surface area contributed by atoms with Crippen molar-refractivity contribution >= 4 is 23.6 Å². The largest absolute Gasteiger partial charge is 0.481 e. The van der Waals surface area contributed by atoms with E-state index >= 15 is 0 Å². The molecule has 0 heterocycles. The van der Waals surface area contributed by atoms with Gasteiger partial charge >= 0.3 is 17.9 Å². The van der Waals surface area contributed by atoms with Crippen LogP contribution in [0.15, 0.2) is 24.3 Å². The first-order valence-electron chi connectivity index (χ1n) is 5.87. The van der Waals surface area contributed by atoms with Gasteiger partial charge in [0, 0.05) is 12.2 Å². The molecule has 0 aliphatic rings. The molecule has 108 valence electrons. The van der Waals surface area contributed by atoms with Gasteiger partial charge in [0.05, 0.1) is 12.0 Å². The summed E-state index contributed by atoms with van der Waals surface area (Å²) in [6, 6.07) is 4.78. The second-order valence-electron chi connectivity index (χ2n) is 4.21. The summed E-state index contributed by atoms with van der Waals surface area (Å²) in [5, 5.41) is 26.7. The van der Waals surface area contributed by atoms with E-state index in [0.717, 1.165) is 0 Å². The Morgan fingerprint density at radius 2 is 1.85 bits per heavy atom. The van der Waals surface area contributed by atoms with Gasteiger partial charge in [-0.2, -0.15) is 0 Å². The van der Waals surface area contributed by atoms with Crippen LogP contribution < -0.4 is 4.90 Å². The maximum atomic E-state index is 11.1. The topological polar surface area (TPSA) is 115 Å². The molecule has 1 aromatic carbocycles. The maximum Gasteiger partial charge on any atom is 0.335 e. The van der Waals surface area contributed by atoms with Crippen LogP contribution in [0.5, 0.6) is 0 Å². The van der Waals surface area contributed by atoms with Gasteiger partial charge < -0.3 is 20.2 Å². The number of carboxylic acid groups (broad SMARTS) is 3. The van der Waals surface area contributed by atoms with Crippen molar-refractivity contribution < 1.29 is 29.7 Å². The first-order chi connectivity index (χ1) is 9.32. The van der Waals surface area contributed by atoms with Crippen LogP contribution in [0.4, 0.5) is 5.69 Å². The molecule has 1 atom stereocenters. The highest BCUT2D eigenvalue weighted by Gasteiger charge is 2.22. The molecule has 3 N–H and O–H groups in total. The predicted molar refractivity (Wildman–Crippen MR) is 70.1 cm³/mol. The van der Waals surface area contributed by atoms with E-state index in [1.165, 1.54) is 30.0 Å². The fraction of sp³-hybridized carbons (Fsp3) is 0.308. The number of benzene rings is 1. The number of nitrogens with zero attached hydrogens (tertiary/aromatic N) is 1. The molecule has 1 unspecified atom stereocenters. The molecule has 0 aromatic heterocycles. The SMILES string of the molecule is CC(C(=O)O)N(CCC(=O)O)c1cccc(C(=O)O)c1. The van der Waals surface area contributed by atoms with Crippen molar-refractivity contribution in [3.8, 4) is 0 Å². The van der Waals surface area contributed by atoms with E-state index in [0.29, 0.717) is 5.69 Å². The summed E-state index contributed by atoms with van der Waals surface area (Å²) in [6.07, 6.45) is -0.241. The van der Waals surface area contributed by atoms with Crippen LogP contribution in [-0.4, -0.2) is 45.8 Å². The first kappa shape index (κ1) is 15.5. The lowest BCUT2D eigenvalue weighted by Crippen LogP contribution is -2.40. The summed E-state index contributed by atoms with van der Waals surface area (Å²) in [5.74, 6) is -3.30. The van der Waals surface area contributed by atoms with Gasteiger partial charge in [-0.15, -0.1) is 0 Å². The molecule has 0 fully saturated rings. The zero-order chi connectivity index (χ0) is 15.3. The lowest BCUT2D eigenvalue weighted by atomic mass is 10.1. The molecule has 0 radical (unpaired) electrons. The molecule has 20 heavy (non-hydrogen) atoms. The monoisotopic (exact) mass is 281 g/mol. The van der Waals surface area contributed by atoms with Gasteiger partial charge in [-0.25, -0.2) is 9.59 Å². The number of aromatic carboxylic acids is 1. The molecule has 0 aliphatic heterocycles. The van der Waals surface area contributed by atoms with Gasteiger partial charge in [0.1, 0.15) is 6.04 Å². The average molecular weight is 281 g/mol. The number of carbonyl (C=O) groups is 3. The zero-order valence-corrected chi connectivity index (χ0v) is 10.8. The Balaban J connectivity index is 3.08. The second-order valence-corrected chi connectivity index (χ2v) is 4.21. The molecule has 1 rings (SSSR count). The van der Waals surface area contributed by atoms with Crippen LogP contribution in [0.1, 0.15) is 23.7 Å². The minimum atomic E-state index is -1.13. The fourth-order valence-electron chi connectivity index (χ4n) is 1.71. The normalized spacial score (nSPS) is 11.7. The Kier molecular flexibility index (Phi) is 5.08. The van der Waals surface area contributed by atoms with Crippen molar-refractivity contribution in [3.63, 3.8) is 0 Å². The smallest absolute Gasteiger partial charge is 0.335 e. The first-order valence-corrected chi connectivity index (χ1v) is 5.87. The number of carboxylic acids is 3. The quantitative estimate of drug-likeness (QED) is 0.686. The van der Waals surface area contributed by atoms with Gasteiger partial charge in [-0.3, -0.25) is 4.79 Å². The van der Waals surface area contributed by atoms with Crippen LogP contribution in [0.25, 0.3) is 0 Å². The van der Waals surface area contributed by atoms with Crippen LogP contribution >= 0.6 is 0 Å².